The van der Waals surface area contributed by atoms with Crippen LogP contribution in [0.3, 0.4) is 0 Å². The lowest BCUT2D eigenvalue weighted by atomic mass is 10.2. The molecule has 0 fully saturated rings. The molecule has 1 heteroatoms. The molecule has 0 bridgehead atoms. The van der Waals surface area contributed by atoms with Crippen molar-refractivity contribution in [3.8, 4) is 0 Å². The van der Waals surface area contributed by atoms with Crippen LogP contribution >= 0.6 is 12.6 Å². The van der Waals surface area contributed by atoms with Gasteiger partial charge in [0.25, 0.3) is 0 Å². The highest BCUT2D eigenvalue weighted by molar-refractivity contribution is 7.80. The van der Waals surface area contributed by atoms with Gasteiger partial charge in [-0.05, 0) is 18.1 Å². The molecule has 0 radical (unpaired) electrons. The summed E-state index contributed by atoms with van der Waals surface area (Å²) in [7, 11) is 0. The van der Waals surface area contributed by atoms with Crippen molar-refractivity contribution in [3.05, 3.63) is 29.8 Å². The second kappa shape index (κ2) is 6.29. The Morgan fingerprint density at radius 2 is 1.73 bits per heavy atom. The highest BCUT2D eigenvalue weighted by Crippen LogP contribution is 2.12. The van der Waals surface area contributed by atoms with E-state index >= 15 is 0 Å². The molecule has 0 spiro atoms. The van der Waals surface area contributed by atoms with Crippen LogP contribution in [0.15, 0.2) is 29.2 Å². The van der Waals surface area contributed by atoms with Crippen molar-refractivity contribution in [2.45, 2.75) is 32.1 Å². The van der Waals surface area contributed by atoms with E-state index in [2.05, 4.69) is 25.6 Å². The van der Waals surface area contributed by atoms with Crippen molar-refractivity contribution < 1.29 is 0 Å². The molecule has 0 aliphatic rings. The average Bonchev–Trinajstić information content (AvgIpc) is 2.09. The molecular weight excluding hydrogens is 152 g/mol. The number of hydrogen-bond acceptors (Lipinski definition) is 1. The third kappa shape index (κ3) is 3.47. The smallest absolute Gasteiger partial charge is 0.00719 e. The first-order chi connectivity index (χ1) is 5.34. The van der Waals surface area contributed by atoms with Gasteiger partial charge in [0.1, 0.15) is 0 Å². The molecule has 0 aliphatic heterocycles. The standard InChI is InChI=1S/C8H10S.C2H6/c1-2-7-5-3-4-6-8(7)9;1-2/h3-6,9H,2H2,1H3;1-2H3. The Morgan fingerprint density at radius 3 is 2.09 bits per heavy atom. The Balaban J connectivity index is 0.000000461. The van der Waals surface area contributed by atoms with Crippen LogP contribution in [0.1, 0.15) is 26.3 Å². The van der Waals surface area contributed by atoms with Crippen molar-refractivity contribution in [2.75, 3.05) is 0 Å². The van der Waals surface area contributed by atoms with Gasteiger partial charge in [-0.1, -0.05) is 39.0 Å². The Morgan fingerprint density at radius 1 is 1.18 bits per heavy atom. The van der Waals surface area contributed by atoms with Gasteiger partial charge in [-0.2, -0.15) is 0 Å². The zero-order valence-electron chi connectivity index (χ0n) is 7.46. The number of rotatable bonds is 1. The van der Waals surface area contributed by atoms with Crippen LogP contribution in [0.25, 0.3) is 0 Å². The van der Waals surface area contributed by atoms with E-state index in [0.29, 0.717) is 0 Å². The number of hydrogen-bond donors (Lipinski definition) is 1. The van der Waals surface area contributed by atoms with Gasteiger partial charge in [-0.25, -0.2) is 0 Å². The van der Waals surface area contributed by atoms with E-state index in [1.165, 1.54) is 5.56 Å². The van der Waals surface area contributed by atoms with Crippen LogP contribution in [-0.4, -0.2) is 0 Å². The van der Waals surface area contributed by atoms with Gasteiger partial charge in [0, 0.05) is 4.90 Å². The van der Waals surface area contributed by atoms with E-state index < -0.39 is 0 Å². The Kier molecular flexibility index (Phi) is 6.05. The van der Waals surface area contributed by atoms with Crippen molar-refractivity contribution >= 4 is 12.6 Å². The summed E-state index contributed by atoms with van der Waals surface area (Å²) in [4.78, 5) is 1.10. The molecule has 0 nitrogen and oxygen atoms in total. The lowest BCUT2D eigenvalue weighted by Gasteiger charge is -1.97. The summed E-state index contributed by atoms with van der Waals surface area (Å²) in [6, 6.07) is 8.16. The van der Waals surface area contributed by atoms with E-state index in [4.69, 9.17) is 0 Å². The Bertz CT molecular complexity index is 194. The van der Waals surface area contributed by atoms with Crippen LogP contribution in [0.4, 0.5) is 0 Å². The second-order valence-corrected chi connectivity index (χ2v) is 2.46. The summed E-state index contributed by atoms with van der Waals surface area (Å²) in [5.74, 6) is 0. The molecule has 0 aliphatic carbocycles. The molecule has 0 heterocycles. The third-order valence-corrected chi connectivity index (χ3v) is 1.81. The first kappa shape index (κ1) is 10.6. The van der Waals surface area contributed by atoms with Crippen LogP contribution in [-0.2, 0) is 6.42 Å². The van der Waals surface area contributed by atoms with Gasteiger partial charge in [0.05, 0.1) is 0 Å². The third-order valence-electron chi connectivity index (χ3n) is 1.37. The Hall–Kier alpha value is -0.430. The fourth-order valence-corrected chi connectivity index (χ4v) is 1.13. The summed E-state index contributed by atoms with van der Waals surface area (Å²) in [5, 5.41) is 0. The molecule has 11 heavy (non-hydrogen) atoms. The highest BCUT2D eigenvalue weighted by atomic mass is 32.1. The van der Waals surface area contributed by atoms with Gasteiger partial charge in [0.15, 0.2) is 0 Å². The van der Waals surface area contributed by atoms with Crippen LogP contribution in [0.5, 0.6) is 0 Å². The first-order valence-corrected chi connectivity index (χ1v) is 4.56. The van der Waals surface area contributed by atoms with E-state index in [-0.39, 0.29) is 0 Å². The maximum Gasteiger partial charge on any atom is 0.00719 e. The maximum absolute atomic E-state index is 4.28. The molecule has 1 aromatic rings. The predicted molar refractivity (Wildman–Crippen MR) is 54.4 cm³/mol. The minimum atomic E-state index is 1.07. The molecule has 62 valence electrons. The topological polar surface area (TPSA) is 0 Å². The van der Waals surface area contributed by atoms with E-state index in [1.807, 2.05) is 32.0 Å². The lowest BCUT2D eigenvalue weighted by Crippen LogP contribution is -1.79. The predicted octanol–water partition coefficient (Wildman–Crippen LogP) is 3.56. The Labute approximate surface area is 75.1 Å². The minimum absolute atomic E-state index is 1.07. The second-order valence-electron chi connectivity index (χ2n) is 1.98. The van der Waals surface area contributed by atoms with E-state index in [1.54, 1.807) is 0 Å². The maximum atomic E-state index is 4.28. The van der Waals surface area contributed by atoms with Gasteiger partial charge in [-0.15, -0.1) is 12.6 Å². The molecule has 0 atom stereocenters. The fourth-order valence-electron chi connectivity index (χ4n) is 0.810. The molecule has 0 amide bonds. The van der Waals surface area contributed by atoms with Gasteiger partial charge in [0.2, 0.25) is 0 Å². The number of aryl methyl sites for hydroxylation is 1. The molecule has 0 aromatic heterocycles. The number of benzene rings is 1. The molecule has 1 rings (SSSR count). The van der Waals surface area contributed by atoms with Crippen LogP contribution in [0.2, 0.25) is 0 Å². The summed E-state index contributed by atoms with van der Waals surface area (Å²) in [5.41, 5.74) is 1.32. The van der Waals surface area contributed by atoms with E-state index in [9.17, 15) is 0 Å². The molecule has 1 aromatic carbocycles. The van der Waals surface area contributed by atoms with Crippen molar-refractivity contribution in [3.63, 3.8) is 0 Å². The molecule has 0 unspecified atom stereocenters. The molecule has 0 saturated carbocycles. The molecule has 0 N–H and O–H groups in total. The summed E-state index contributed by atoms with van der Waals surface area (Å²) in [6.07, 6.45) is 1.07. The highest BCUT2D eigenvalue weighted by Gasteiger charge is 1.90. The molecular formula is C10H16S. The van der Waals surface area contributed by atoms with E-state index in [0.717, 1.165) is 11.3 Å². The number of thiol groups is 1. The SMILES string of the molecule is CC.CCc1ccccc1S. The van der Waals surface area contributed by atoms with Crippen molar-refractivity contribution in [2.24, 2.45) is 0 Å². The average molecular weight is 168 g/mol. The first-order valence-electron chi connectivity index (χ1n) is 4.11. The van der Waals surface area contributed by atoms with Crippen LogP contribution < -0.4 is 0 Å². The van der Waals surface area contributed by atoms with Crippen molar-refractivity contribution in [1.82, 2.24) is 0 Å². The monoisotopic (exact) mass is 168 g/mol. The van der Waals surface area contributed by atoms with Crippen molar-refractivity contribution in [1.29, 1.82) is 0 Å². The minimum Gasteiger partial charge on any atom is -0.143 e. The van der Waals surface area contributed by atoms with Crippen LogP contribution in [0, 0.1) is 0 Å². The normalized spacial score (nSPS) is 8.36. The zero-order valence-corrected chi connectivity index (χ0v) is 8.36. The summed E-state index contributed by atoms with van der Waals surface area (Å²) >= 11 is 4.28. The van der Waals surface area contributed by atoms with Gasteiger partial charge >= 0.3 is 0 Å². The summed E-state index contributed by atoms with van der Waals surface area (Å²) < 4.78 is 0. The summed E-state index contributed by atoms with van der Waals surface area (Å²) in [6.45, 7) is 6.13. The van der Waals surface area contributed by atoms with Gasteiger partial charge < -0.3 is 0 Å². The largest absolute Gasteiger partial charge is 0.143 e. The fraction of sp³-hybridized carbons (Fsp3) is 0.400. The lowest BCUT2D eigenvalue weighted by molar-refractivity contribution is 1.09. The van der Waals surface area contributed by atoms with Gasteiger partial charge in [-0.3, -0.25) is 0 Å². The zero-order chi connectivity index (χ0) is 8.69. The molecule has 0 saturated heterocycles. The quantitative estimate of drug-likeness (QED) is 0.609.